The van der Waals surface area contributed by atoms with Crippen molar-refractivity contribution in [1.29, 1.82) is 0 Å². The van der Waals surface area contributed by atoms with Crippen LogP contribution in [0.1, 0.15) is 49.4 Å². The number of amides is 2. The topological polar surface area (TPSA) is 86.8 Å². The number of carbonyl (C=O) groups is 2. The summed E-state index contributed by atoms with van der Waals surface area (Å²) in [6, 6.07) is 14.4. The number of alkyl halides is 3. The molecule has 0 aliphatic heterocycles. The SMILES string of the molecule is CC[C@@H](C)NC(=O)[C@@H](C)N(Cc1ccc(C)cc1)C(=O)CN(c1ccc(Cl)c(C(F)(F)F)c1)S(=O)(=O)c1ccc(C)cc1. The average Bonchev–Trinajstić information content (AvgIpc) is 2.95. The normalized spacial score (nSPS) is 13.2. The highest BCUT2D eigenvalue weighted by molar-refractivity contribution is 7.92. The number of hydrogen-bond acceptors (Lipinski definition) is 4. The molecule has 1 N–H and O–H groups in total. The predicted octanol–water partition coefficient (Wildman–Crippen LogP) is 6.50. The van der Waals surface area contributed by atoms with Crippen molar-refractivity contribution in [2.45, 2.75) is 70.7 Å². The summed E-state index contributed by atoms with van der Waals surface area (Å²) in [5.74, 6) is -1.24. The van der Waals surface area contributed by atoms with Gasteiger partial charge in [-0.1, -0.05) is 66.0 Å². The molecule has 2 amide bonds. The van der Waals surface area contributed by atoms with Crippen LogP contribution in [0, 0.1) is 13.8 Å². The minimum absolute atomic E-state index is 0.0406. The maximum atomic E-state index is 14.0. The number of rotatable bonds is 11. The molecular weight excluding hydrogens is 603 g/mol. The molecule has 0 unspecified atom stereocenters. The Morgan fingerprint density at radius 2 is 1.49 bits per heavy atom. The number of carbonyl (C=O) groups excluding carboxylic acids is 2. The van der Waals surface area contributed by atoms with E-state index in [-0.39, 0.29) is 17.5 Å². The summed E-state index contributed by atoms with van der Waals surface area (Å²) in [6.07, 6.45) is -4.23. The van der Waals surface area contributed by atoms with E-state index < -0.39 is 56.9 Å². The van der Waals surface area contributed by atoms with E-state index in [1.807, 2.05) is 32.9 Å². The Morgan fingerprint density at radius 1 is 0.930 bits per heavy atom. The molecule has 12 heteroatoms. The van der Waals surface area contributed by atoms with E-state index in [1.165, 1.54) is 24.0 Å². The molecule has 0 radical (unpaired) electrons. The molecule has 0 fully saturated rings. The lowest BCUT2D eigenvalue weighted by Crippen LogP contribution is -2.52. The van der Waals surface area contributed by atoms with Gasteiger partial charge in [0.2, 0.25) is 11.8 Å². The van der Waals surface area contributed by atoms with Gasteiger partial charge in [-0.25, -0.2) is 8.42 Å². The Morgan fingerprint density at radius 3 is 2.02 bits per heavy atom. The molecule has 2 atom stereocenters. The van der Waals surface area contributed by atoms with Crippen LogP contribution < -0.4 is 9.62 Å². The molecule has 0 aliphatic rings. The number of nitrogens with zero attached hydrogens (tertiary/aromatic N) is 2. The highest BCUT2D eigenvalue weighted by atomic mass is 35.5. The maximum absolute atomic E-state index is 14.0. The molecule has 0 aromatic heterocycles. The van der Waals surface area contributed by atoms with E-state index in [2.05, 4.69) is 5.32 Å². The van der Waals surface area contributed by atoms with Crippen LogP contribution in [0.2, 0.25) is 5.02 Å². The average molecular weight is 638 g/mol. The fourth-order valence-corrected chi connectivity index (χ4v) is 5.82. The van der Waals surface area contributed by atoms with E-state index >= 15 is 0 Å². The highest BCUT2D eigenvalue weighted by Crippen LogP contribution is 2.38. The zero-order chi connectivity index (χ0) is 32.1. The van der Waals surface area contributed by atoms with Crippen molar-refractivity contribution in [2.24, 2.45) is 0 Å². The van der Waals surface area contributed by atoms with Crippen molar-refractivity contribution < 1.29 is 31.2 Å². The molecule has 0 saturated heterocycles. The Bertz CT molecular complexity index is 1550. The van der Waals surface area contributed by atoms with E-state index in [0.29, 0.717) is 22.4 Å². The lowest BCUT2D eigenvalue weighted by Gasteiger charge is -2.32. The number of hydrogen-bond donors (Lipinski definition) is 1. The highest BCUT2D eigenvalue weighted by Gasteiger charge is 2.37. The molecule has 3 aromatic rings. The molecule has 0 heterocycles. The van der Waals surface area contributed by atoms with Gasteiger partial charge in [-0.3, -0.25) is 13.9 Å². The summed E-state index contributed by atoms with van der Waals surface area (Å²) in [5.41, 5.74) is 0.764. The van der Waals surface area contributed by atoms with Crippen LogP contribution in [0.3, 0.4) is 0 Å². The van der Waals surface area contributed by atoms with E-state index in [9.17, 15) is 31.2 Å². The quantitative estimate of drug-likeness (QED) is 0.260. The van der Waals surface area contributed by atoms with Gasteiger partial charge in [0.05, 0.1) is 21.2 Å². The molecule has 0 aliphatic carbocycles. The van der Waals surface area contributed by atoms with E-state index in [4.69, 9.17) is 11.6 Å². The first kappa shape index (κ1) is 33.9. The molecule has 0 spiro atoms. The largest absolute Gasteiger partial charge is 0.417 e. The molecule has 3 aromatic carbocycles. The lowest BCUT2D eigenvalue weighted by molar-refractivity contribution is -0.139. The molecule has 7 nitrogen and oxygen atoms in total. The van der Waals surface area contributed by atoms with Gasteiger partial charge in [0.1, 0.15) is 12.6 Å². The van der Waals surface area contributed by atoms with Crippen LogP contribution in [-0.4, -0.2) is 43.8 Å². The first-order valence-corrected chi connectivity index (χ1v) is 15.5. The van der Waals surface area contributed by atoms with Gasteiger partial charge in [-0.2, -0.15) is 13.2 Å². The molecule has 0 bridgehead atoms. The van der Waals surface area contributed by atoms with Crippen LogP contribution in [0.25, 0.3) is 0 Å². The van der Waals surface area contributed by atoms with Crippen LogP contribution >= 0.6 is 11.6 Å². The number of aryl methyl sites for hydroxylation is 2. The third-order valence-electron chi connectivity index (χ3n) is 7.07. The molecule has 0 saturated carbocycles. The molecule has 3 rings (SSSR count). The minimum atomic E-state index is -4.88. The van der Waals surface area contributed by atoms with Gasteiger partial charge >= 0.3 is 6.18 Å². The van der Waals surface area contributed by atoms with Gasteiger partial charge < -0.3 is 10.2 Å². The summed E-state index contributed by atoms with van der Waals surface area (Å²) >= 11 is 5.81. The zero-order valence-corrected chi connectivity index (χ0v) is 26.1. The second kappa shape index (κ2) is 13.8. The summed E-state index contributed by atoms with van der Waals surface area (Å²) in [5, 5.41) is 2.21. The first-order valence-electron chi connectivity index (χ1n) is 13.7. The number of sulfonamides is 1. The maximum Gasteiger partial charge on any atom is 0.417 e. The van der Waals surface area contributed by atoms with Crippen molar-refractivity contribution in [2.75, 3.05) is 10.8 Å². The molecule has 232 valence electrons. The smallest absolute Gasteiger partial charge is 0.352 e. The zero-order valence-electron chi connectivity index (χ0n) is 24.6. The number of nitrogens with one attached hydrogen (secondary N) is 1. The summed E-state index contributed by atoms with van der Waals surface area (Å²) in [7, 11) is -4.55. The van der Waals surface area contributed by atoms with Gasteiger partial charge in [-0.15, -0.1) is 0 Å². The standard InChI is InChI=1S/C31H35ClF3N3O4S/c1-6-22(4)36-30(40)23(5)37(18-24-11-7-20(2)8-12-24)29(39)19-38(43(41,42)26-14-9-21(3)10-15-26)25-13-16-28(32)27(17-25)31(33,34)35/h7-17,22-23H,6,18-19H2,1-5H3,(H,36,40)/t22-,23-/m1/s1. The van der Waals surface area contributed by atoms with Crippen LogP contribution in [0.5, 0.6) is 0 Å². The number of benzene rings is 3. The van der Waals surface area contributed by atoms with E-state index in [1.54, 1.807) is 31.2 Å². The third-order valence-corrected chi connectivity index (χ3v) is 9.19. The Hall–Kier alpha value is -3.57. The van der Waals surface area contributed by atoms with E-state index in [0.717, 1.165) is 23.3 Å². The van der Waals surface area contributed by atoms with Gasteiger partial charge in [0, 0.05) is 12.6 Å². The Kier molecular flexibility index (Phi) is 10.9. The fourth-order valence-electron chi connectivity index (χ4n) is 4.19. The van der Waals surface area contributed by atoms with Crippen molar-refractivity contribution in [3.8, 4) is 0 Å². The number of anilines is 1. The first-order chi connectivity index (χ1) is 20.0. The predicted molar refractivity (Wildman–Crippen MR) is 161 cm³/mol. The molecular formula is C31H35ClF3N3O4S. The van der Waals surface area contributed by atoms with Gasteiger partial charge in [0.15, 0.2) is 0 Å². The molecule has 43 heavy (non-hydrogen) atoms. The summed E-state index contributed by atoms with van der Waals surface area (Å²) in [6.45, 7) is 7.95. The summed E-state index contributed by atoms with van der Waals surface area (Å²) in [4.78, 5) is 28.1. The number of halogens is 4. The third kappa shape index (κ3) is 8.51. The minimum Gasteiger partial charge on any atom is -0.352 e. The Balaban J connectivity index is 2.11. The second-order valence-electron chi connectivity index (χ2n) is 10.5. The van der Waals surface area contributed by atoms with Crippen LogP contribution in [-0.2, 0) is 32.3 Å². The fraction of sp³-hybridized carbons (Fsp3) is 0.355. The van der Waals surface area contributed by atoms with Crippen LogP contribution in [0.4, 0.5) is 18.9 Å². The van der Waals surface area contributed by atoms with Gasteiger partial charge in [-0.05, 0) is 70.0 Å². The second-order valence-corrected chi connectivity index (χ2v) is 12.8. The van der Waals surface area contributed by atoms with Crippen molar-refractivity contribution in [1.82, 2.24) is 10.2 Å². The summed E-state index contributed by atoms with van der Waals surface area (Å²) < 4.78 is 69.7. The van der Waals surface area contributed by atoms with Crippen molar-refractivity contribution in [3.63, 3.8) is 0 Å². The van der Waals surface area contributed by atoms with Crippen LogP contribution in [0.15, 0.2) is 71.6 Å². The monoisotopic (exact) mass is 637 g/mol. The Labute approximate surface area is 255 Å². The lowest BCUT2D eigenvalue weighted by atomic mass is 10.1. The van der Waals surface area contributed by atoms with Gasteiger partial charge in [0.25, 0.3) is 10.0 Å². The van der Waals surface area contributed by atoms with Crippen molar-refractivity contribution >= 4 is 39.1 Å². The van der Waals surface area contributed by atoms with Crippen molar-refractivity contribution in [3.05, 3.63) is 94.0 Å².